The van der Waals surface area contributed by atoms with Crippen molar-refractivity contribution in [3.63, 3.8) is 0 Å². The first kappa shape index (κ1) is 11.7. The van der Waals surface area contributed by atoms with E-state index in [1.54, 1.807) is 6.92 Å². The monoisotopic (exact) mass is 230 g/mol. The zero-order valence-corrected chi connectivity index (χ0v) is 9.17. The molecule has 0 saturated heterocycles. The van der Waals surface area contributed by atoms with E-state index in [9.17, 15) is 9.90 Å². The second-order valence-corrected chi connectivity index (χ2v) is 3.08. The molecule has 0 aromatic heterocycles. The molecule has 0 aliphatic heterocycles. The highest BCUT2D eigenvalue weighted by Gasteiger charge is 2.17. The van der Waals surface area contributed by atoms with E-state index >= 15 is 0 Å². The maximum atomic E-state index is 11.4. The SMILES string of the molecule is CCOC(=O)c1ccc(OC)c(O)c1Cl. The fourth-order valence-corrected chi connectivity index (χ4v) is 1.31. The number of rotatable bonds is 3. The molecule has 0 radical (unpaired) electrons. The molecule has 0 unspecified atom stereocenters. The van der Waals surface area contributed by atoms with Crippen LogP contribution in [0.2, 0.25) is 5.02 Å². The number of carbonyl (C=O) groups is 1. The Morgan fingerprint density at radius 1 is 1.53 bits per heavy atom. The quantitative estimate of drug-likeness (QED) is 0.809. The molecular formula is C10H11ClO4. The van der Waals surface area contributed by atoms with E-state index in [1.807, 2.05) is 0 Å². The topological polar surface area (TPSA) is 55.8 Å². The number of phenolic OH excluding ortho intramolecular Hbond substituents is 1. The highest BCUT2D eigenvalue weighted by Crippen LogP contribution is 2.36. The van der Waals surface area contributed by atoms with Gasteiger partial charge < -0.3 is 14.6 Å². The lowest BCUT2D eigenvalue weighted by Crippen LogP contribution is -2.05. The van der Waals surface area contributed by atoms with Gasteiger partial charge in [0, 0.05) is 0 Å². The number of hydrogen-bond acceptors (Lipinski definition) is 4. The van der Waals surface area contributed by atoms with Crippen LogP contribution in [0.3, 0.4) is 0 Å². The van der Waals surface area contributed by atoms with E-state index in [4.69, 9.17) is 21.1 Å². The molecule has 1 aromatic rings. The Bertz CT molecular complexity index is 376. The molecule has 0 aliphatic carbocycles. The van der Waals surface area contributed by atoms with Crippen molar-refractivity contribution in [1.82, 2.24) is 0 Å². The minimum Gasteiger partial charge on any atom is -0.503 e. The van der Waals surface area contributed by atoms with Crippen molar-refractivity contribution in [2.45, 2.75) is 6.92 Å². The smallest absolute Gasteiger partial charge is 0.339 e. The minimum absolute atomic E-state index is 0.0622. The van der Waals surface area contributed by atoms with Crippen molar-refractivity contribution in [3.05, 3.63) is 22.7 Å². The Morgan fingerprint density at radius 2 is 2.20 bits per heavy atom. The Kier molecular flexibility index (Phi) is 3.80. The molecule has 5 heteroatoms. The van der Waals surface area contributed by atoms with E-state index in [0.717, 1.165) is 0 Å². The predicted molar refractivity (Wildman–Crippen MR) is 55.6 cm³/mol. The largest absolute Gasteiger partial charge is 0.503 e. The number of benzene rings is 1. The Morgan fingerprint density at radius 3 is 2.73 bits per heavy atom. The van der Waals surface area contributed by atoms with Gasteiger partial charge in [0.25, 0.3) is 0 Å². The molecular weight excluding hydrogens is 220 g/mol. The summed E-state index contributed by atoms with van der Waals surface area (Å²) in [6, 6.07) is 2.90. The fraction of sp³-hybridized carbons (Fsp3) is 0.300. The third kappa shape index (κ3) is 2.33. The minimum atomic E-state index is -0.569. The molecule has 1 N–H and O–H groups in total. The van der Waals surface area contributed by atoms with Crippen LogP contribution >= 0.6 is 11.6 Å². The van der Waals surface area contributed by atoms with Crippen LogP contribution in [-0.4, -0.2) is 24.8 Å². The molecule has 0 fully saturated rings. The van der Waals surface area contributed by atoms with E-state index in [-0.39, 0.29) is 28.7 Å². The van der Waals surface area contributed by atoms with E-state index in [2.05, 4.69) is 0 Å². The first-order chi connectivity index (χ1) is 7.11. The summed E-state index contributed by atoms with van der Waals surface area (Å²) in [7, 11) is 1.40. The normalized spacial score (nSPS) is 9.80. The van der Waals surface area contributed by atoms with Crippen LogP contribution in [0.4, 0.5) is 0 Å². The molecule has 0 atom stereocenters. The summed E-state index contributed by atoms with van der Waals surface area (Å²) in [4.78, 5) is 11.4. The lowest BCUT2D eigenvalue weighted by atomic mass is 10.2. The van der Waals surface area contributed by atoms with Crippen molar-refractivity contribution in [3.8, 4) is 11.5 Å². The van der Waals surface area contributed by atoms with Crippen molar-refractivity contribution in [1.29, 1.82) is 0 Å². The van der Waals surface area contributed by atoms with Crippen LogP contribution < -0.4 is 4.74 Å². The second-order valence-electron chi connectivity index (χ2n) is 2.70. The highest BCUT2D eigenvalue weighted by molar-refractivity contribution is 6.35. The van der Waals surface area contributed by atoms with Gasteiger partial charge in [0.1, 0.15) is 5.02 Å². The van der Waals surface area contributed by atoms with Gasteiger partial charge in [-0.05, 0) is 19.1 Å². The number of hydrogen-bond donors (Lipinski definition) is 1. The van der Waals surface area contributed by atoms with Crippen molar-refractivity contribution >= 4 is 17.6 Å². The highest BCUT2D eigenvalue weighted by atomic mass is 35.5. The average molecular weight is 231 g/mol. The lowest BCUT2D eigenvalue weighted by molar-refractivity contribution is 0.0526. The molecule has 0 saturated carbocycles. The van der Waals surface area contributed by atoms with Crippen LogP contribution in [0.25, 0.3) is 0 Å². The number of phenols is 1. The van der Waals surface area contributed by atoms with Crippen LogP contribution in [0.1, 0.15) is 17.3 Å². The standard InChI is InChI=1S/C10H11ClO4/c1-3-15-10(13)6-4-5-7(14-2)9(12)8(6)11/h4-5,12H,3H2,1-2H3. The Labute approximate surface area is 92.4 Å². The molecule has 4 nitrogen and oxygen atoms in total. The first-order valence-corrected chi connectivity index (χ1v) is 4.72. The molecule has 0 aliphatic rings. The summed E-state index contributed by atoms with van der Waals surface area (Å²) in [6.45, 7) is 1.94. The van der Waals surface area contributed by atoms with Crippen molar-refractivity contribution in [2.24, 2.45) is 0 Å². The van der Waals surface area contributed by atoms with Gasteiger partial charge in [0.15, 0.2) is 11.5 Å². The van der Waals surface area contributed by atoms with Gasteiger partial charge in [-0.25, -0.2) is 4.79 Å². The van der Waals surface area contributed by atoms with Gasteiger partial charge in [-0.15, -0.1) is 0 Å². The van der Waals surface area contributed by atoms with Gasteiger partial charge in [-0.3, -0.25) is 0 Å². The lowest BCUT2D eigenvalue weighted by Gasteiger charge is -2.08. The number of carbonyl (C=O) groups excluding carboxylic acids is 1. The zero-order chi connectivity index (χ0) is 11.4. The third-order valence-electron chi connectivity index (χ3n) is 1.79. The maximum absolute atomic E-state index is 11.4. The molecule has 0 heterocycles. The van der Waals surface area contributed by atoms with E-state index in [0.29, 0.717) is 0 Å². The third-order valence-corrected chi connectivity index (χ3v) is 2.18. The fourth-order valence-electron chi connectivity index (χ4n) is 1.08. The van der Waals surface area contributed by atoms with Crippen LogP contribution in [0.15, 0.2) is 12.1 Å². The number of ether oxygens (including phenoxy) is 2. The molecule has 0 bridgehead atoms. The summed E-state index contributed by atoms with van der Waals surface area (Å²) in [6.07, 6.45) is 0. The van der Waals surface area contributed by atoms with Gasteiger partial charge in [-0.1, -0.05) is 11.6 Å². The summed E-state index contributed by atoms with van der Waals surface area (Å²) in [5.41, 5.74) is 0.122. The summed E-state index contributed by atoms with van der Waals surface area (Å²) in [5, 5.41) is 9.47. The van der Waals surface area contributed by atoms with Gasteiger partial charge in [0.2, 0.25) is 0 Å². The van der Waals surface area contributed by atoms with Crippen LogP contribution in [0.5, 0.6) is 11.5 Å². The van der Waals surface area contributed by atoms with Gasteiger partial charge in [0.05, 0.1) is 19.3 Å². The zero-order valence-electron chi connectivity index (χ0n) is 8.41. The van der Waals surface area contributed by atoms with Crippen LogP contribution in [-0.2, 0) is 4.74 Å². The number of esters is 1. The van der Waals surface area contributed by atoms with Crippen molar-refractivity contribution in [2.75, 3.05) is 13.7 Å². The Hall–Kier alpha value is -1.42. The van der Waals surface area contributed by atoms with Crippen LogP contribution in [0, 0.1) is 0 Å². The Balaban J connectivity index is 3.11. The molecule has 82 valence electrons. The molecule has 1 aromatic carbocycles. The summed E-state index contributed by atoms with van der Waals surface area (Å²) >= 11 is 5.78. The van der Waals surface area contributed by atoms with Gasteiger partial charge in [-0.2, -0.15) is 0 Å². The maximum Gasteiger partial charge on any atom is 0.339 e. The average Bonchev–Trinajstić information content (AvgIpc) is 2.22. The number of aromatic hydroxyl groups is 1. The predicted octanol–water partition coefficient (Wildman–Crippen LogP) is 2.23. The second kappa shape index (κ2) is 4.89. The molecule has 15 heavy (non-hydrogen) atoms. The first-order valence-electron chi connectivity index (χ1n) is 4.34. The number of halogens is 1. The van der Waals surface area contributed by atoms with E-state index in [1.165, 1.54) is 19.2 Å². The van der Waals surface area contributed by atoms with Gasteiger partial charge >= 0.3 is 5.97 Å². The van der Waals surface area contributed by atoms with E-state index < -0.39 is 5.97 Å². The number of methoxy groups -OCH3 is 1. The summed E-state index contributed by atoms with van der Waals surface area (Å²) < 4.78 is 9.60. The molecule has 0 amide bonds. The summed E-state index contributed by atoms with van der Waals surface area (Å²) in [5.74, 6) is -0.613. The molecule has 1 rings (SSSR count). The van der Waals surface area contributed by atoms with Crippen molar-refractivity contribution < 1.29 is 19.4 Å². The molecule has 0 spiro atoms.